The lowest BCUT2D eigenvalue weighted by Gasteiger charge is -2.39. The lowest BCUT2D eigenvalue weighted by molar-refractivity contribution is -0.140. The van der Waals surface area contributed by atoms with Crippen molar-refractivity contribution in [3.8, 4) is 0 Å². The number of aliphatic hydroxyl groups is 1. The van der Waals surface area contributed by atoms with E-state index in [1.54, 1.807) is 24.1 Å². The first-order chi connectivity index (χ1) is 12.8. The van der Waals surface area contributed by atoms with Crippen LogP contribution in [0.1, 0.15) is 38.5 Å². The van der Waals surface area contributed by atoms with E-state index in [0.29, 0.717) is 30.8 Å². The fourth-order valence-corrected chi connectivity index (χ4v) is 5.76. The van der Waals surface area contributed by atoms with Gasteiger partial charge in [0, 0.05) is 25.2 Å². The molecule has 1 heterocycles. The van der Waals surface area contributed by atoms with Crippen LogP contribution in [0.4, 0.5) is 0 Å². The molecule has 0 bridgehead atoms. The zero-order valence-corrected chi connectivity index (χ0v) is 17.1. The van der Waals surface area contributed by atoms with Crippen molar-refractivity contribution in [2.24, 2.45) is 5.92 Å². The summed E-state index contributed by atoms with van der Waals surface area (Å²) in [4.78, 5) is 14.8. The average Bonchev–Trinajstić information content (AvgIpc) is 2.67. The van der Waals surface area contributed by atoms with Gasteiger partial charge in [0.2, 0.25) is 15.9 Å². The number of carbonyl (C=O) groups is 1. The quantitative estimate of drug-likeness (QED) is 0.821. The number of hydrogen-bond donors (Lipinski definition) is 1. The largest absolute Gasteiger partial charge is 0.391 e. The Bertz CT molecular complexity index is 768. The Morgan fingerprint density at radius 3 is 2.48 bits per heavy atom. The third kappa shape index (κ3) is 4.47. The number of amides is 1. The average molecular weight is 415 g/mol. The molecule has 150 valence electrons. The zero-order valence-electron chi connectivity index (χ0n) is 15.6. The Morgan fingerprint density at radius 1 is 1.15 bits per heavy atom. The number of nitrogens with zero attached hydrogens (tertiary/aromatic N) is 2. The van der Waals surface area contributed by atoms with Gasteiger partial charge in [0.25, 0.3) is 0 Å². The Balaban J connectivity index is 1.71. The summed E-state index contributed by atoms with van der Waals surface area (Å²) in [6.45, 7) is 0.585. The highest BCUT2D eigenvalue weighted by Gasteiger charge is 2.37. The van der Waals surface area contributed by atoms with E-state index in [9.17, 15) is 18.3 Å². The van der Waals surface area contributed by atoms with Crippen molar-refractivity contribution in [2.45, 2.75) is 55.6 Å². The molecule has 27 heavy (non-hydrogen) atoms. The molecule has 2 aliphatic rings. The molecular formula is C19H27ClN2O4S. The Labute approximate surface area is 166 Å². The molecular weight excluding hydrogens is 388 g/mol. The number of rotatable bonds is 4. The SMILES string of the molecule is CN(C(=O)[C@H]1CCCN(S(=O)(=O)c2ccc(Cl)cc2)C1)[C@@H]1CCCC[C@H]1O. The van der Waals surface area contributed by atoms with E-state index in [-0.39, 0.29) is 29.3 Å². The molecule has 0 spiro atoms. The summed E-state index contributed by atoms with van der Waals surface area (Å²) in [6.07, 6.45) is 4.30. The second-order valence-corrected chi connectivity index (χ2v) is 9.90. The number of piperidine rings is 1. The van der Waals surface area contributed by atoms with Crippen LogP contribution < -0.4 is 0 Å². The zero-order chi connectivity index (χ0) is 19.6. The maximum absolute atomic E-state index is 13.0. The summed E-state index contributed by atoms with van der Waals surface area (Å²) in [5.74, 6) is -0.447. The van der Waals surface area contributed by atoms with Gasteiger partial charge >= 0.3 is 0 Å². The minimum absolute atomic E-state index is 0.0723. The summed E-state index contributed by atoms with van der Waals surface area (Å²) in [5.41, 5.74) is 0. The van der Waals surface area contributed by atoms with Crippen LogP contribution in [0.5, 0.6) is 0 Å². The molecule has 8 heteroatoms. The molecule has 3 atom stereocenters. The smallest absolute Gasteiger partial charge is 0.243 e. The highest BCUT2D eigenvalue weighted by Crippen LogP contribution is 2.28. The molecule has 6 nitrogen and oxygen atoms in total. The molecule has 1 aromatic carbocycles. The Hall–Kier alpha value is -1.15. The lowest BCUT2D eigenvalue weighted by Crippen LogP contribution is -2.51. The molecule has 3 rings (SSSR count). The van der Waals surface area contributed by atoms with E-state index < -0.39 is 16.1 Å². The van der Waals surface area contributed by atoms with E-state index >= 15 is 0 Å². The lowest BCUT2D eigenvalue weighted by atomic mass is 9.90. The normalized spacial score (nSPS) is 27.3. The van der Waals surface area contributed by atoms with Crippen molar-refractivity contribution in [2.75, 3.05) is 20.1 Å². The van der Waals surface area contributed by atoms with Crippen LogP contribution in [0.2, 0.25) is 5.02 Å². The molecule has 0 radical (unpaired) electrons. The van der Waals surface area contributed by atoms with Crippen molar-refractivity contribution in [3.05, 3.63) is 29.3 Å². The standard InChI is InChI=1S/C19H27ClN2O4S/c1-21(17-6-2-3-7-18(17)23)19(24)14-5-4-12-22(13-14)27(25,26)16-10-8-15(20)9-11-16/h8-11,14,17-18,23H,2-7,12-13H2,1H3/t14-,17+,18+/m0/s1. The molecule has 0 aromatic heterocycles. The molecule has 1 aliphatic heterocycles. The van der Waals surface area contributed by atoms with Crippen molar-refractivity contribution in [3.63, 3.8) is 0 Å². The van der Waals surface area contributed by atoms with Gasteiger partial charge in [0.15, 0.2) is 0 Å². The molecule has 0 unspecified atom stereocenters. The molecule has 1 N–H and O–H groups in total. The van der Waals surface area contributed by atoms with Crippen molar-refractivity contribution in [1.29, 1.82) is 0 Å². The van der Waals surface area contributed by atoms with Gasteiger partial charge in [0.05, 0.1) is 23.0 Å². The first kappa shape index (κ1) is 20.6. The Morgan fingerprint density at radius 2 is 1.81 bits per heavy atom. The fraction of sp³-hybridized carbons (Fsp3) is 0.632. The second kappa shape index (κ2) is 8.47. The van der Waals surface area contributed by atoms with Crippen LogP contribution in [0.25, 0.3) is 0 Å². The van der Waals surface area contributed by atoms with Crippen LogP contribution in [-0.4, -0.2) is 60.9 Å². The van der Waals surface area contributed by atoms with Crippen molar-refractivity contribution < 1.29 is 18.3 Å². The van der Waals surface area contributed by atoms with Gasteiger partial charge in [-0.2, -0.15) is 4.31 Å². The number of carbonyl (C=O) groups excluding carboxylic acids is 1. The van der Waals surface area contributed by atoms with Crippen LogP contribution in [0.3, 0.4) is 0 Å². The summed E-state index contributed by atoms with van der Waals surface area (Å²) in [5, 5.41) is 10.7. The van der Waals surface area contributed by atoms with E-state index in [1.165, 1.54) is 16.4 Å². The predicted octanol–water partition coefficient (Wildman–Crippen LogP) is 2.50. The summed E-state index contributed by atoms with van der Waals surface area (Å²) in [7, 11) is -1.92. The third-order valence-electron chi connectivity index (χ3n) is 5.72. The topological polar surface area (TPSA) is 77.9 Å². The van der Waals surface area contributed by atoms with E-state index in [0.717, 1.165) is 19.3 Å². The minimum atomic E-state index is -3.65. The van der Waals surface area contributed by atoms with Gasteiger partial charge in [-0.25, -0.2) is 8.42 Å². The molecule has 1 saturated carbocycles. The summed E-state index contributed by atoms with van der Waals surface area (Å²) >= 11 is 5.85. The van der Waals surface area contributed by atoms with Gasteiger partial charge in [-0.05, 0) is 49.9 Å². The predicted molar refractivity (Wildman–Crippen MR) is 104 cm³/mol. The van der Waals surface area contributed by atoms with Gasteiger partial charge < -0.3 is 10.0 Å². The van der Waals surface area contributed by atoms with Gasteiger partial charge in [-0.15, -0.1) is 0 Å². The first-order valence-electron chi connectivity index (χ1n) is 9.51. The van der Waals surface area contributed by atoms with Crippen molar-refractivity contribution >= 4 is 27.5 Å². The van der Waals surface area contributed by atoms with Crippen molar-refractivity contribution in [1.82, 2.24) is 9.21 Å². The summed E-state index contributed by atoms with van der Waals surface area (Å²) in [6, 6.07) is 5.93. The molecule has 2 fully saturated rings. The maximum Gasteiger partial charge on any atom is 0.243 e. The second-order valence-electron chi connectivity index (χ2n) is 7.52. The highest BCUT2D eigenvalue weighted by atomic mass is 35.5. The van der Waals surface area contributed by atoms with Gasteiger partial charge in [-0.1, -0.05) is 24.4 Å². The van der Waals surface area contributed by atoms with Crippen LogP contribution >= 0.6 is 11.6 Å². The number of hydrogen-bond acceptors (Lipinski definition) is 4. The van der Waals surface area contributed by atoms with E-state index in [1.807, 2.05) is 0 Å². The third-order valence-corrected chi connectivity index (χ3v) is 7.86. The summed E-state index contributed by atoms with van der Waals surface area (Å²) < 4.78 is 27.2. The van der Waals surface area contributed by atoms with E-state index in [2.05, 4.69) is 0 Å². The van der Waals surface area contributed by atoms with Crippen LogP contribution in [-0.2, 0) is 14.8 Å². The number of aliphatic hydroxyl groups excluding tert-OH is 1. The minimum Gasteiger partial charge on any atom is -0.391 e. The number of likely N-dealkylation sites (N-methyl/N-ethyl adjacent to an activating group) is 1. The van der Waals surface area contributed by atoms with E-state index in [4.69, 9.17) is 11.6 Å². The maximum atomic E-state index is 13.0. The van der Waals surface area contributed by atoms with Gasteiger partial charge in [-0.3, -0.25) is 4.79 Å². The first-order valence-corrected chi connectivity index (χ1v) is 11.3. The van der Waals surface area contributed by atoms with Crippen LogP contribution in [0, 0.1) is 5.92 Å². The van der Waals surface area contributed by atoms with Gasteiger partial charge in [0.1, 0.15) is 0 Å². The number of halogens is 1. The number of sulfonamides is 1. The fourth-order valence-electron chi connectivity index (χ4n) is 4.11. The monoisotopic (exact) mass is 414 g/mol. The number of benzene rings is 1. The highest BCUT2D eigenvalue weighted by molar-refractivity contribution is 7.89. The van der Waals surface area contributed by atoms with Crippen LogP contribution in [0.15, 0.2) is 29.2 Å². The molecule has 1 aromatic rings. The molecule has 1 saturated heterocycles. The molecule has 1 amide bonds. The molecule has 1 aliphatic carbocycles. The Kier molecular flexibility index (Phi) is 6.46.